The van der Waals surface area contributed by atoms with Crippen LogP contribution in [0.4, 0.5) is 5.82 Å². The van der Waals surface area contributed by atoms with Gasteiger partial charge in [-0.2, -0.15) is 5.10 Å². The molecular weight excluding hydrogens is 382 g/mol. The Bertz CT molecular complexity index is 873. The summed E-state index contributed by atoms with van der Waals surface area (Å²) in [6.07, 6.45) is 5.58. The fourth-order valence-corrected chi connectivity index (χ4v) is 3.99. The summed E-state index contributed by atoms with van der Waals surface area (Å²) in [5.41, 5.74) is 2.19. The molecule has 1 aliphatic heterocycles. The van der Waals surface area contributed by atoms with E-state index in [0.717, 1.165) is 47.1 Å². The third kappa shape index (κ3) is 3.26. The van der Waals surface area contributed by atoms with Crippen LogP contribution in [0.3, 0.4) is 0 Å². The van der Waals surface area contributed by atoms with Crippen LogP contribution in [0.25, 0.3) is 10.9 Å². The smallest absolute Gasteiger partial charge is 0.139 e. The molecule has 0 bridgehead atoms. The first-order chi connectivity index (χ1) is 12.3. The molecule has 1 aliphatic rings. The minimum absolute atomic E-state index is 0.120. The van der Waals surface area contributed by atoms with E-state index in [1.54, 1.807) is 6.33 Å². The Labute approximate surface area is 154 Å². The molecule has 4 rings (SSSR count). The van der Waals surface area contributed by atoms with Gasteiger partial charge in [0, 0.05) is 40.8 Å². The average Bonchev–Trinajstić information content (AvgIpc) is 3.10. The predicted molar refractivity (Wildman–Crippen MR) is 101 cm³/mol. The van der Waals surface area contributed by atoms with Gasteiger partial charge in [-0.3, -0.25) is 4.68 Å². The molecule has 3 heterocycles. The maximum Gasteiger partial charge on any atom is 0.139 e. The number of nitrogens with zero attached hydrogens (tertiary/aromatic N) is 5. The molecule has 0 aliphatic carbocycles. The van der Waals surface area contributed by atoms with Crippen molar-refractivity contribution in [3.05, 3.63) is 47.0 Å². The number of rotatable bonds is 4. The lowest BCUT2D eigenvalue weighted by atomic mass is 9.93. The average molecular weight is 402 g/mol. The normalized spacial score (nSPS) is 15.8. The van der Waals surface area contributed by atoms with Gasteiger partial charge >= 0.3 is 0 Å². The van der Waals surface area contributed by atoms with E-state index in [0.29, 0.717) is 12.5 Å². The zero-order valence-electron chi connectivity index (χ0n) is 13.8. The van der Waals surface area contributed by atoms with E-state index >= 15 is 0 Å². The number of aliphatic hydroxyl groups excluding tert-OH is 1. The largest absolute Gasteiger partial charge is 0.394 e. The Morgan fingerprint density at radius 3 is 2.80 bits per heavy atom. The molecule has 6 nitrogen and oxygen atoms in total. The number of anilines is 1. The summed E-state index contributed by atoms with van der Waals surface area (Å²) in [4.78, 5) is 11.3. The van der Waals surface area contributed by atoms with Crippen molar-refractivity contribution in [2.75, 3.05) is 24.6 Å². The monoisotopic (exact) mass is 401 g/mol. The van der Waals surface area contributed by atoms with Crippen LogP contribution in [0.15, 0.2) is 41.3 Å². The van der Waals surface area contributed by atoms with Gasteiger partial charge in [-0.1, -0.05) is 15.9 Å². The maximum absolute atomic E-state index is 9.19. The fraction of sp³-hybridized carbons (Fsp3) is 0.389. The molecule has 25 heavy (non-hydrogen) atoms. The maximum atomic E-state index is 9.19. The van der Waals surface area contributed by atoms with Crippen LogP contribution >= 0.6 is 15.9 Å². The van der Waals surface area contributed by atoms with Gasteiger partial charge in [-0.25, -0.2) is 9.97 Å². The summed E-state index contributed by atoms with van der Waals surface area (Å²) in [6, 6.07) is 8.19. The molecule has 0 atom stereocenters. The van der Waals surface area contributed by atoms with Gasteiger partial charge in [0.15, 0.2) is 0 Å². The number of hydrogen-bond acceptors (Lipinski definition) is 5. The Morgan fingerprint density at radius 1 is 1.16 bits per heavy atom. The van der Waals surface area contributed by atoms with Crippen LogP contribution in [-0.4, -0.2) is 44.6 Å². The van der Waals surface area contributed by atoms with Crippen molar-refractivity contribution in [2.24, 2.45) is 0 Å². The van der Waals surface area contributed by atoms with Crippen LogP contribution in [0, 0.1) is 0 Å². The molecule has 130 valence electrons. The van der Waals surface area contributed by atoms with Crippen LogP contribution in [0.1, 0.15) is 24.5 Å². The summed E-state index contributed by atoms with van der Waals surface area (Å²) in [5, 5.41) is 14.6. The molecule has 1 aromatic carbocycles. The Morgan fingerprint density at radius 2 is 2.00 bits per heavy atom. The van der Waals surface area contributed by atoms with Crippen molar-refractivity contribution in [1.82, 2.24) is 19.7 Å². The van der Waals surface area contributed by atoms with Gasteiger partial charge in [0.1, 0.15) is 12.1 Å². The fourth-order valence-electron chi connectivity index (χ4n) is 3.63. The van der Waals surface area contributed by atoms with Crippen LogP contribution in [-0.2, 0) is 6.54 Å². The Hall–Kier alpha value is -1.99. The number of fused-ring (bicyclic) bond motifs is 1. The van der Waals surface area contributed by atoms with E-state index in [2.05, 4.69) is 48.0 Å². The molecule has 7 heteroatoms. The molecule has 0 spiro atoms. The van der Waals surface area contributed by atoms with Crippen molar-refractivity contribution >= 4 is 32.7 Å². The van der Waals surface area contributed by atoms with E-state index in [-0.39, 0.29) is 6.61 Å². The van der Waals surface area contributed by atoms with Gasteiger partial charge in [0.2, 0.25) is 0 Å². The molecule has 0 saturated carbocycles. The molecule has 1 N–H and O–H groups in total. The van der Waals surface area contributed by atoms with Crippen LogP contribution < -0.4 is 4.90 Å². The summed E-state index contributed by atoms with van der Waals surface area (Å²) in [6.45, 7) is 2.59. The zero-order chi connectivity index (χ0) is 17.2. The highest BCUT2D eigenvalue weighted by Gasteiger charge is 2.25. The topological polar surface area (TPSA) is 67.1 Å². The zero-order valence-corrected chi connectivity index (χ0v) is 15.4. The first kappa shape index (κ1) is 16.5. The second-order valence-electron chi connectivity index (χ2n) is 6.32. The van der Waals surface area contributed by atoms with Gasteiger partial charge in [0.25, 0.3) is 0 Å². The highest BCUT2D eigenvalue weighted by molar-refractivity contribution is 9.10. The molecule has 0 unspecified atom stereocenters. The second kappa shape index (κ2) is 7.09. The van der Waals surface area contributed by atoms with Gasteiger partial charge in [-0.05, 0) is 37.1 Å². The first-order valence-electron chi connectivity index (χ1n) is 8.54. The number of benzene rings is 1. The summed E-state index contributed by atoms with van der Waals surface area (Å²) >= 11 is 3.54. The van der Waals surface area contributed by atoms with E-state index in [1.807, 2.05) is 23.0 Å². The lowest BCUT2D eigenvalue weighted by Gasteiger charge is -2.33. The highest BCUT2D eigenvalue weighted by Crippen LogP contribution is 2.32. The number of aromatic nitrogens is 4. The third-order valence-electron chi connectivity index (χ3n) is 4.85. The van der Waals surface area contributed by atoms with E-state index in [9.17, 15) is 5.11 Å². The highest BCUT2D eigenvalue weighted by atomic mass is 79.9. The summed E-state index contributed by atoms with van der Waals surface area (Å²) in [5.74, 6) is 1.48. The number of aliphatic hydroxyl groups is 1. The minimum atomic E-state index is 0.120. The second-order valence-corrected chi connectivity index (χ2v) is 7.24. The van der Waals surface area contributed by atoms with Gasteiger partial charge in [0.05, 0.1) is 18.7 Å². The third-order valence-corrected chi connectivity index (χ3v) is 5.34. The van der Waals surface area contributed by atoms with E-state index < -0.39 is 0 Å². The summed E-state index contributed by atoms with van der Waals surface area (Å²) < 4.78 is 2.97. The van der Waals surface area contributed by atoms with Crippen molar-refractivity contribution in [2.45, 2.75) is 25.3 Å². The number of piperidine rings is 1. The van der Waals surface area contributed by atoms with Crippen LogP contribution in [0.5, 0.6) is 0 Å². The number of halogens is 1. The van der Waals surface area contributed by atoms with Crippen molar-refractivity contribution in [3.8, 4) is 0 Å². The van der Waals surface area contributed by atoms with E-state index in [4.69, 9.17) is 0 Å². The number of hydrogen-bond donors (Lipinski definition) is 1. The lowest BCUT2D eigenvalue weighted by Crippen LogP contribution is -2.34. The lowest BCUT2D eigenvalue weighted by molar-refractivity contribution is 0.265. The van der Waals surface area contributed by atoms with Crippen molar-refractivity contribution < 1.29 is 5.11 Å². The standard InChI is InChI=1S/C18H20BrN5O/c19-14-1-2-16-15(11-14)18(21-12-20-16)23-7-4-13(5-8-23)17-3-6-22-24(17)9-10-25/h1-3,6,11-13,25H,4-5,7-10H2. The molecule has 2 aromatic heterocycles. The van der Waals surface area contributed by atoms with Gasteiger partial charge in [-0.15, -0.1) is 0 Å². The first-order valence-corrected chi connectivity index (χ1v) is 9.33. The Balaban J connectivity index is 1.54. The molecular formula is C18H20BrN5O. The molecule has 1 fully saturated rings. The molecule has 0 amide bonds. The van der Waals surface area contributed by atoms with Crippen molar-refractivity contribution in [1.29, 1.82) is 0 Å². The van der Waals surface area contributed by atoms with E-state index in [1.165, 1.54) is 5.69 Å². The molecule has 1 saturated heterocycles. The van der Waals surface area contributed by atoms with Gasteiger partial charge < -0.3 is 10.0 Å². The predicted octanol–water partition coefficient (Wildman–Crippen LogP) is 2.97. The minimum Gasteiger partial charge on any atom is -0.394 e. The van der Waals surface area contributed by atoms with Crippen molar-refractivity contribution in [3.63, 3.8) is 0 Å². The Kier molecular flexibility index (Phi) is 4.67. The quantitative estimate of drug-likeness (QED) is 0.727. The van der Waals surface area contributed by atoms with Crippen LogP contribution in [0.2, 0.25) is 0 Å². The molecule has 0 radical (unpaired) electrons. The SMILES string of the molecule is OCCn1nccc1C1CCN(c2ncnc3ccc(Br)cc23)CC1. The summed E-state index contributed by atoms with van der Waals surface area (Å²) in [7, 11) is 0. The molecule has 3 aromatic rings.